The van der Waals surface area contributed by atoms with E-state index >= 15 is 0 Å². The monoisotopic (exact) mass is 280 g/mol. The lowest BCUT2D eigenvalue weighted by Crippen LogP contribution is -2.43. The van der Waals surface area contributed by atoms with Crippen LogP contribution in [0.1, 0.15) is 30.5 Å². The molecule has 5 rings (SSSR count). The maximum Gasteiger partial charge on any atom is 0.149 e. The maximum atomic E-state index is 4.88. The Morgan fingerprint density at radius 1 is 1.24 bits per heavy atom. The number of aromatic nitrogens is 5. The molecule has 106 valence electrons. The van der Waals surface area contributed by atoms with Crippen LogP contribution in [0.3, 0.4) is 0 Å². The van der Waals surface area contributed by atoms with Crippen LogP contribution in [0.25, 0.3) is 17.0 Å². The van der Waals surface area contributed by atoms with E-state index in [1.807, 2.05) is 27.7 Å². The quantitative estimate of drug-likeness (QED) is 0.792. The summed E-state index contributed by atoms with van der Waals surface area (Å²) in [5.41, 5.74) is 3.20. The molecular weight excluding hydrogens is 264 g/mol. The molecular formula is C15H16N6. The van der Waals surface area contributed by atoms with Crippen molar-refractivity contribution < 1.29 is 0 Å². The highest BCUT2D eigenvalue weighted by Crippen LogP contribution is 2.40. The fraction of sp³-hybridized carbons (Fsp3) is 0.400. The molecule has 2 aliphatic rings. The van der Waals surface area contributed by atoms with Crippen LogP contribution >= 0.6 is 0 Å². The molecule has 1 N–H and O–H groups in total. The Bertz CT molecular complexity index is 809. The van der Waals surface area contributed by atoms with Crippen molar-refractivity contribution in [2.45, 2.75) is 24.8 Å². The Balaban J connectivity index is 1.64. The summed E-state index contributed by atoms with van der Waals surface area (Å²) in [6.07, 6.45) is 10.3. The highest BCUT2D eigenvalue weighted by atomic mass is 15.3. The molecule has 6 nitrogen and oxygen atoms in total. The lowest BCUT2D eigenvalue weighted by molar-refractivity contribution is 0.318. The van der Waals surface area contributed by atoms with Crippen LogP contribution < -0.4 is 5.32 Å². The second-order valence-electron chi connectivity index (χ2n) is 5.96. The molecule has 0 atom stereocenters. The van der Waals surface area contributed by atoms with Crippen LogP contribution in [0, 0.1) is 0 Å². The number of hydrogen-bond donors (Lipinski definition) is 1. The van der Waals surface area contributed by atoms with E-state index in [4.69, 9.17) is 4.98 Å². The average molecular weight is 280 g/mol. The second kappa shape index (κ2) is 4.14. The summed E-state index contributed by atoms with van der Waals surface area (Å²) in [6, 6.07) is 2.59. The highest BCUT2D eigenvalue weighted by molar-refractivity contribution is 5.59. The molecule has 0 aromatic carbocycles. The molecule has 3 aromatic heterocycles. The van der Waals surface area contributed by atoms with Crippen molar-refractivity contribution in [2.24, 2.45) is 0 Å². The molecule has 6 heteroatoms. The third-order valence-corrected chi connectivity index (χ3v) is 4.40. The van der Waals surface area contributed by atoms with Gasteiger partial charge in [0, 0.05) is 49.4 Å². The third kappa shape index (κ3) is 1.79. The molecule has 3 aromatic rings. The van der Waals surface area contributed by atoms with Gasteiger partial charge in [-0.1, -0.05) is 0 Å². The molecule has 1 saturated heterocycles. The summed E-state index contributed by atoms with van der Waals surface area (Å²) in [4.78, 5) is 9.31. The summed E-state index contributed by atoms with van der Waals surface area (Å²) < 4.78 is 4.09. The van der Waals surface area contributed by atoms with Crippen LogP contribution in [0.2, 0.25) is 0 Å². The second-order valence-corrected chi connectivity index (χ2v) is 5.96. The van der Waals surface area contributed by atoms with E-state index in [0.29, 0.717) is 12.0 Å². The molecule has 1 aliphatic carbocycles. The van der Waals surface area contributed by atoms with E-state index in [0.717, 1.165) is 30.1 Å². The minimum atomic E-state index is 0.476. The SMILES string of the molecule is c1cn2c(-c3cnn(C4CNC4)c3)nc(C3CC3)cc2n1. The van der Waals surface area contributed by atoms with Gasteiger partial charge >= 0.3 is 0 Å². The van der Waals surface area contributed by atoms with Gasteiger partial charge < -0.3 is 5.32 Å². The molecule has 4 heterocycles. The summed E-state index contributed by atoms with van der Waals surface area (Å²) in [7, 11) is 0. The molecule has 0 amide bonds. The number of nitrogens with zero attached hydrogens (tertiary/aromatic N) is 5. The number of fused-ring (bicyclic) bond motifs is 1. The average Bonchev–Trinajstić information content (AvgIpc) is 2.99. The normalized spacial score (nSPS) is 19.0. The smallest absolute Gasteiger partial charge is 0.149 e. The van der Waals surface area contributed by atoms with E-state index < -0.39 is 0 Å². The highest BCUT2D eigenvalue weighted by Gasteiger charge is 2.27. The predicted octanol–water partition coefficient (Wildman–Crippen LogP) is 1.61. The largest absolute Gasteiger partial charge is 0.312 e. The predicted molar refractivity (Wildman–Crippen MR) is 78.1 cm³/mol. The van der Waals surface area contributed by atoms with Crippen LogP contribution in [0.15, 0.2) is 30.9 Å². The van der Waals surface area contributed by atoms with Crippen LogP contribution in [-0.4, -0.2) is 37.2 Å². The standard InChI is InChI=1S/C15H16N6/c1-2-10(1)13-5-14-17-3-4-20(14)15(19-13)11-6-18-21(9-11)12-7-16-8-12/h3-6,9-10,12,16H,1-2,7-8H2. The summed E-state index contributed by atoms with van der Waals surface area (Å²) >= 11 is 0. The Kier molecular flexibility index (Phi) is 2.26. The lowest BCUT2D eigenvalue weighted by atomic mass is 10.2. The molecule has 0 radical (unpaired) electrons. The number of nitrogens with one attached hydrogen (secondary N) is 1. The van der Waals surface area contributed by atoms with Crippen LogP contribution in [0.4, 0.5) is 0 Å². The van der Waals surface area contributed by atoms with Crippen LogP contribution in [-0.2, 0) is 0 Å². The molecule has 0 unspecified atom stereocenters. The Morgan fingerprint density at radius 3 is 2.90 bits per heavy atom. The first-order chi connectivity index (χ1) is 10.4. The first kappa shape index (κ1) is 11.4. The first-order valence-corrected chi connectivity index (χ1v) is 7.48. The minimum absolute atomic E-state index is 0.476. The van der Waals surface area contributed by atoms with Crippen LogP contribution in [0.5, 0.6) is 0 Å². The van der Waals surface area contributed by atoms with E-state index in [1.165, 1.54) is 18.5 Å². The Labute approximate surface area is 121 Å². The lowest BCUT2D eigenvalue weighted by Gasteiger charge is -2.27. The van der Waals surface area contributed by atoms with E-state index in [9.17, 15) is 0 Å². The van der Waals surface area contributed by atoms with Gasteiger partial charge in [0.05, 0.1) is 17.8 Å². The van der Waals surface area contributed by atoms with Crippen molar-refractivity contribution in [1.29, 1.82) is 0 Å². The fourth-order valence-corrected chi connectivity index (χ4v) is 2.85. The molecule has 1 saturated carbocycles. The van der Waals surface area contributed by atoms with Gasteiger partial charge in [-0.3, -0.25) is 9.08 Å². The topological polar surface area (TPSA) is 60.0 Å². The van der Waals surface area contributed by atoms with Gasteiger partial charge in [-0.15, -0.1) is 0 Å². The van der Waals surface area contributed by atoms with Crippen molar-refractivity contribution in [1.82, 2.24) is 29.5 Å². The number of hydrogen-bond acceptors (Lipinski definition) is 4. The molecule has 2 fully saturated rings. The zero-order valence-electron chi connectivity index (χ0n) is 11.6. The zero-order valence-corrected chi connectivity index (χ0v) is 11.6. The molecule has 21 heavy (non-hydrogen) atoms. The van der Waals surface area contributed by atoms with Gasteiger partial charge in [0.15, 0.2) is 0 Å². The van der Waals surface area contributed by atoms with E-state index in [1.54, 1.807) is 0 Å². The summed E-state index contributed by atoms with van der Waals surface area (Å²) in [5, 5.41) is 7.77. The fourth-order valence-electron chi connectivity index (χ4n) is 2.85. The van der Waals surface area contributed by atoms with Gasteiger partial charge in [0.2, 0.25) is 0 Å². The van der Waals surface area contributed by atoms with Crippen molar-refractivity contribution >= 4 is 5.65 Å². The summed E-state index contributed by atoms with van der Waals surface area (Å²) in [6.45, 7) is 1.99. The number of imidazole rings is 1. The molecule has 0 bridgehead atoms. The maximum absolute atomic E-state index is 4.88. The zero-order chi connectivity index (χ0) is 13.8. The van der Waals surface area contributed by atoms with Crippen molar-refractivity contribution in [3.05, 3.63) is 36.5 Å². The summed E-state index contributed by atoms with van der Waals surface area (Å²) in [5.74, 6) is 1.57. The number of rotatable bonds is 3. The van der Waals surface area contributed by atoms with Gasteiger partial charge in [0.1, 0.15) is 11.5 Å². The third-order valence-electron chi connectivity index (χ3n) is 4.40. The molecule has 0 spiro atoms. The van der Waals surface area contributed by atoms with Gasteiger partial charge in [-0.25, -0.2) is 9.97 Å². The minimum Gasteiger partial charge on any atom is -0.312 e. The Hall–Kier alpha value is -2.21. The Morgan fingerprint density at radius 2 is 2.14 bits per heavy atom. The van der Waals surface area contributed by atoms with Gasteiger partial charge in [0.25, 0.3) is 0 Å². The van der Waals surface area contributed by atoms with E-state index in [-0.39, 0.29) is 0 Å². The molecule has 1 aliphatic heterocycles. The van der Waals surface area contributed by atoms with Crippen molar-refractivity contribution in [2.75, 3.05) is 13.1 Å². The first-order valence-electron chi connectivity index (χ1n) is 7.48. The van der Waals surface area contributed by atoms with Gasteiger partial charge in [-0.2, -0.15) is 5.10 Å². The van der Waals surface area contributed by atoms with Crippen molar-refractivity contribution in [3.63, 3.8) is 0 Å². The van der Waals surface area contributed by atoms with Gasteiger partial charge in [-0.05, 0) is 12.8 Å². The van der Waals surface area contributed by atoms with Crippen molar-refractivity contribution in [3.8, 4) is 11.4 Å². The van der Waals surface area contributed by atoms with E-state index in [2.05, 4.69) is 27.7 Å².